The Morgan fingerprint density at radius 3 is 1.81 bits per heavy atom. The van der Waals surface area contributed by atoms with Crippen molar-refractivity contribution in [2.45, 2.75) is 134 Å². The second kappa shape index (κ2) is 20.2. The molecule has 0 aromatic rings. The molecule has 1 fully saturated rings. The Kier molecular flexibility index (Phi) is 18.6. The molecule has 1 rings (SSSR count). The molecule has 1 heterocycles. The summed E-state index contributed by atoms with van der Waals surface area (Å²) in [4.78, 5) is 0. The van der Waals surface area contributed by atoms with E-state index >= 15 is 0 Å². The fraction of sp³-hybridized carbons (Fsp3) is 0.923. The quantitative estimate of drug-likeness (QED) is 0.176. The summed E-state index contributed by atoms with van der Waals surface area (Å²) in [6, 6.07) is 0. The first kappa shape index (κ1) is 28.6. The van der Waals surface area contributed by atoms with Crippen LogP contribution in [0.3, 0.4) is 0 Å². The van der Waals surface area contributed by atoms with E-state index in [9.17, 15) is 10.2 Å². The van der Waals surface area contributed by atoms with Gasteiger partial charge in [-0.2, -0.15) is 0 Å². The van der Waals surface area contributed by atoms with Gasteiger partial charge >= 0.3 is 0 Å². The lowest BCUT2D eigenvalue weighted by Crippen LogP contribution is -2.55. The number of unbranched alkanes of at least 4 members (excludes halogenated alkanes) is 14. The first-order valence-electron chi connectivity index (χ1n) is 13.1. The number of hydrogen-bond donors (Lipinski definition) is 3. The molecular formula is C26H50O5. The summed E-state index contributed by atoms with van der Waals surface area (Å²) in [7, 11) is 0. The van der Waals surface area contributed by atoms with Gasteiger partial charge in [0.25, 0.3) is 0 Å². The van der Waals surface area contributed by atoms with Crippen molar-refractivity contribution in [1.29, 1.82) is 0 Å². The third kappa shape index (κ3) is 14.3. The SMILES string of the molecule is CCCCCCCCCCCCC/C=C/CCCCCO[C@@H]1CO[C@@H](CO)[C@H](O)[C@H]1O. The third-order valence-corrected chi connectivity index (χ3v) is 6.25. The topological polar surface area (TPSA) is 79.2 Å². The van der Waals surface area contributed by atoms with E-state index in [2.05, 4.69) is 19.1 Å². The maximum Gasteiger partial charge on any atom is 0.111 e. The number of hydrogen-bond acceptors (Lipinski definition) is 5. The second-order valence-corrected chi connectivity index (χ2v) is 9.09. The number of allylic oxidation sites excluding steroid dienone is 2. The van der Waals surface area contributed by atoms with Crippen LogP contribution >= 0.6 is 0 Å². The molecule has 5 nitrogen and oxygen atoms in total. The first-order valence-corrected chi connectivity index (χ1v) is 13.1. The molecule has 3 N–H and O–H groups in total. The minimum Gasteiger partial charge on any atom is -0.394 e. The molecular weight excluding hydrogens is 392 g/mol. The average Bonchev–Trinajstić information content (AvgIpc) is 2.78. The largest absolute Gasteiger partial charge is 0.394 e. The van der Waals surface area contributed by atoms with Gasteiger partial charge in [0.1, 0.15) is 24.4 Å². The lowest BCUT2D eigenvalue weighted by atomic mass is 10.0. The third-order valence-electron chi connectivity index (χ3n) is 6.25. The normalized spacial score (nSPS) is 24.3. The standard InChI is InChI=1S/C26H50O5/c1-2-3-4-5-6-7-8-9-10-11-12-13-14-15-16-17-18-19-20-30-24-22-31-23(21-27)25(28)26(24)29/h14-15,23-29H,2-13,16-22H2,1H3/b15-14+/t23-,24+,25-,26-/m0/s1. The highest BCUT2D eigenvalue weighted by Crippen LogP contribution is 2.18. The molecule has 0 saturated carbocycles. The molecule has 5 heteroatoms. The molecule has 0 unspecified atom stereocenters. The van der Waals surface area contributed by atoms with Crippen LogP contribution in [-0.4, -0.2) is 59.6 Å². The van der Waals surface area contributed by atoms with Crippen LogP contribution in [0, 0.1) is 0 Å². The van der Waals surface area contributed by atoms with Crippen LogP contribution in [0.5, 0.6) is 0 Å². The van der Waals surface area contributed by atoms with E-state index in [0.29, 0.717) is 6.61 Å². The van der Waals surface area contributed by atoms with Crippen LogP contribution in [0.15, 0.2) is 12.2 Å². The summed E-state index contributed by atoms with van der Waals surface area (Å²) < 4.78 is 11.0. The van der Waals surface area contributed by atoms with Crippen LogP contribution < -0.4 is 0 Å². The van der Waals surface area contributed by atoms with Gasteiger partial charge in [0, 0.05) is 6.61 Å². The van der Waals surface area contributed by atoms with E-state index in [0.717, 1.165) is 25.7 Å². The van der Waals surface area contributed by atoms with Crippen molar-refractivity contribution in [2.24, 2.45) is 0 Å². The van der Waals surface area contributed by atoms with Gasteiger partial charge in [-0.1, -0.05) is 89.7 Å². The minimum absolute atomic E-state index is 0.214. The molecule has 0 aliphatic carbocycles. The molecule has 1 saturated heterocycles. The molecule has 31 heavy (non-hydrogen) atoms. The van der Waals surface area contributed by atoms with Crippen LogP contribution in [0.2, 0.25) is 0 Å². The van der Waals surface area contributed by atoms with Crippen LogP contribution in [0.1, 0.15) is 110 Å². The van der Waals surface area contributed by atoms with E-state index in [1.54, 1.807) is 0 Å². The van der Waals surface area contributed by atoms with Crippen LogP contribution in [-0.2, 0) is 9.47 Å². The zero-order valence-electron chi connectivity index (χ0n) is 20.1. The molecule has 0 spiro atoms. The van der Waals surface area contributed by atoms with Gasteiger partial charge in [0.2, 0.25) is 0 Å². The van der Waals surface area contributed by atoms with E-state index in [1.165, 1.54) is 77.0 Å². The smallest absolute Gasteiger partial charge is 0.111 e. The second-order valence-electron chi connectivity index (χ2n) is 9.09. The Morgan fingerprint density at radius 1 is 0.742 bits per heavy atom. The van der Waals surface area contributed by atoms with E-state index < -0.39 is 24.4 Å². The molecule has 0 amide bonds. The number of aliphatic hydroxyl groups excluding tert-OH is 3. The lowest BCUT2D eigenvalue weighted by molar-refractivity contribution is -0.208. The Balaban J connectivity index is 1.82. The van der Waals surface area contributed by atoms with E-state index in [1.807, 2.05) is 0 Å². The van der Waals surface area contributed by atoms with Gasteiger partial charge in [-0.3, -0.25) is 0 Å². The molecule has 0 radical (unpaired) electrons. The minimum atomic E-state index is -1.09. The molecule has 0 aromatic heterocycles. The van der Waals surface area contributed by atoms with Gasteiger partial charge in [-0.15, -0.1) is 0 Å². The summed E-state index contributed by atoms with van der Waals surface area (Å²) >= 11 is 0. The maximum atomic E-state index is 10.0. The van der Waals surface area contributed by atoms with Gasteiger partial charge in [0.05, 0.1) is 13.2 Å². The van der Waals surface area contributed by atoms with Crippen molar-refractivity contribution in [3.63, 3.8) is 0 Å². The fourth-order valence-electron chi connectivity index (χ4n) is 4.10. The summed E-state index contributed by atoms with van der Waals surface area (Å²) in [6.07, 6.45) is 22.2. The highest BCUT2D eigenvalue weighted by atomic mass is 16.6. The van der Waals surface area contributed by atoms with Crippen molar-refractivity contribution < 1.29 is 24.8 Å². The molecule has 0 bridgehead atoms. The van der Waals surface area contributed by atoms with Crippen molar-refractivity contribution >= 4 is 0 Å². The Labute approximate surface area is 191 Å². The predicted octanol–water partition coefficient (Wildman–Crippen LogP) is 5.30. The van der Waals surface area contributed by atoms with Gasteiger partial charge < -0.3 is 24.8 Å². The number of ether oxygens (including phenoxy) is 2. The molecule has 184 valence electrons. The van der Waals surface area contributed by atoms with Crippen molar-refractivity contribution in [3.05, 3.63) is 12.2 Å². The monoisotopic (exact) mass is 442 g/mol. The zero-order valence-corrected chi connectivity index (χ0v) is 20.1. The van der Waals surface area contributed by atoms with Gasteiger partial charge in [-0.05, 0) is 32.1 Å². The van der Waals surface area contributed by atoms with Gasteiger partial charge in [-0.25, -0.2) is 0 Å². The Morgan fingerprint density at radius 2 is 1.26 bits per heavy atom. The number of rotatable bonds is 20. The summed E-state index contributed by atoms with van der Waals surface area (Å²) in [5.74, 6) is 0. The van der Waals surface area contributed by atoms with E-state index in [4.69, 9.17) is 14.6 Å². The van der Waals surface area contributed by atoms with Crippen molar-refractivity contribution in [3.8, 4) is 0 Å². The maximum absolute atomic E-state index is 10.0. The van der Waals surface area contributed by atoms with Crippen molar-refractivity contribution in [1.82, 2.24) is 0 Å². The van der Waals surface area contributed by atoms with Crippen molar-refractivity contribution in [2.75, 3.05) is 19.8 Å². The first-order chi connectivity index (χ1) is 15.2. The van der Waals surface area contributed by atoms with E-state index in [-0.39, 0.29) is 13.2 Å². The molecule has 1 aliphatic heterocycles. The Bertz CT molecular complexity index is 415. The number of aliphatic hydroxyl groups is 3. The average molecular weight is 443 g/mol. The summed E-state index contributed by atoms with van der Waals surface area (Å²) in [5.41, 5.74) is 0. The van der Waals surface area contributed by atoms with Gasteiger partial charge in [0.15, 0.2) is 0 Å². The molecule has 1 aliphatic rings. The fourth-order valence-corrected chi connectivity index (χ4v) is 4.10. The predicted molar refractivity (Wildman–Crippen MR) is 127 cm³/mol. The highest BCUT2D eigenvalue weighted by molar-refractivity contribution is 4.87. The van der Waals surface area contributed by atoms with Crippen LogP contribution in [0.25, 0.3) is 0 Å². The zero-order chi connectivity index (χ0) is 22.6. The molecule has 4 atom stereocenters. The lowest BCUT2D eigenvalue weighted by Gasteiger charge is -2.36. The summed E-state index contributed by atoms with van der Waals surface area (Å²) in [6.45, 7) is 2.75. The highest BCUT2D eigenvalue weighted by Gasteiger charge is 2.38. The van der Waals surface area contributed by atoms with Crippen LogP contribution in [0.4, 0.5) is 0 Å². The summed E-state index contributed by atoms with van der Waals surface area (Å²) in [5, 5.41) is 28.9. The molecule has 0 aromatic carbocycles. The Hall–Kier alpha value is -0.460.